The Morgan fingerprint density at radius 3 is 2.62 bits per heavy atom. The van der Waals surface area contributed by atoms with Crippen LogP contribution in [0.5, 0.6) is 17.2 Å². The van der Waals surface area contributed by atoms with Crippen LogP contribution in [0.15, 0.2) is 40.9 Å². The van der Waals surface area contributed by atoms with Gasteiger partial charge in [0.25, 0.3) is 0 Å². The van der Waals surface area contributed by atoms with Crippen molar-refractivity contribution >= 4 is 15.9 Å². The zero-order valence-corrected chi connectivity index (χ0v) is 13.7. The third-order valence-corrected chi connectivity index (χ3v) is 3.87. The van der Waals surface area contributed by atoms with E-state index in [0.717, 1.165) is 5.56 Å². The lowest BCUT2D eigenvalue weighted by Gasteiger charge is -2.17. The number of rotatable bonds is 5. The van der Waals surface area contributed by atoms with Gasteiger partial charge in [0.2, 0.25) is 0 Å². The molecule has 0 bridgehead atoms. The summed E-state index contributed by atoms with van der Waals surface area (Å²) in [6.45, 7) is 1.95. The number of ether oxygens (including phenoxy) is 2. The van der Waals surface area contributed by atoms with Crippen LogP contribution in [0.4, 0.5) is 4.39 Å². The summed E-state index contributed by atoms with van der Waals surface area (Å²) in [5.74, 6) is 1.07. The monoisotopic (exact) mass is 353 g/mol. The fraction of sp³-hybridized carbons (Fsp3) is 0.250. The minimum atomic E-state index is -0.391. The van der Waals surface area contributed by atoms with Crippen LogP contribution in [0.3, 0.4) is 0 Å². The summed E-state index contributed by atoms with van der Waals surface area (Å²) in [7, 11) is 3.41. The van der Waals surface area contributed by atoms with Crippen LogP contribution < -0.4 is 14.8 Å². The van der Waals surface area contributed by atoms with Crippen molar-refractivity contribution in [1.29, 1.82) is 0 Å². The molecule has 0 saturated heterocycles. The first-order chi connectivity index (χ1) is 10.1. The fourth-order valence-electron chi connectivity index (χ4n) is 1.93. The Morgan fingerprint density at radius 2 is 2.00 bits per heavy atom. The molecule has 21 heavy (non-hydrogen) atoms. The zero-order chi connectivity index (χ0) is 15.4. The lowest BCUT2D eigenvalue weighted by atomic mass is 10.1. The van der Waals surface area contributed by atoms with E-state index in [1.165, 1.54) is 6.07 Å². The van der Waals surface area contributed by atoms with E-state index in [9.17, 15) is 4.39 Å². The molecule has 0 fully saturated rings. The smallest absolute Gasteiger partial charge is 0.167 e. The van der Waals surface area contributed by atoms with Crippen molar-refractivity contribution in [1.82, 2.24) is 5.32 Å². The predicted octanol–water partition coefficient (Wildman–Crippen LogP) is 4.67. The number of hydrogen-bond donors (Lipinski definition) is 1. The minimum absolute atomic E-state index is 0.0206. The molecule has 0 aliphatic rings. The van der Waals surface area contributed by atoms with Crippen molar-refractivity contribution in [2.45, 2.75) is 13.0 Å². The third-order valence-electron chi connectivity index (χ3n) is 3.25. The second-order valence-electron chi connectivity index (χ2n) is 4.57. The van der Waals surface area contributed by atoms with Crippen LogP contribution in [-0.4, -0.2) is 14.2 Å². The molecule has 0 aliphatic heterocycles. The molecule has 0 amide bonds. The Kier molecular flexibility index (Phi) is 5.20. The summed E-state index contributed by atoms with van der Waals surface area (Å²) in [4.78, 5) is 0. The highest BCUT2D eigenvalue weighted by Gasteiger charge is 2.16. The molecule has 0 aliphatic carbocycles. The summed E-state index contributed by atoms with van der Waals surface area (Å²) >= 11 is 3.41. The Bertz CT molecular complexity index is 634. The van der Waals surface area contributed by atoms with Crippen molar-refractivity contribution in [2.75, 3.05) is 14.2 Å². The first kappa shape index (κ1) is 15.8. The molecule has 1 atom stereocenters. The molecule has 2 aromatic rings. The predicted molar refractivity (Wildman–Crippen MR) is 84.6 cm³/mol. The number of para-hydroxylation sites is 1. The quantitative estimate of drug-likeness (QED) is 0.847. The Labute approximate surface area is 132 Å². The van der Waals surface area contributed by atoms with Gasteiger partial charge >= 0.3 is 0 Å². The molecule has 1 unspecified atom stereocenters. The summed E-state index contributed by atoms with van der Waals surface area (Å²) in [6.07, 6.45) is 0. The van der Waals surface area contributed by atoms with Crippen LogP contribution in [0.2, 0.25) is 0 Å². The minimum Gasteiger partial charge on any atom is -0.497 e. The van der Waals surface area contributed by atoms with E-state index in [1.54, 1.807) is 31.4 Å². The van der Waals surface area contributed by atoms with Crippen molar-refractivity contribution in [2.24, 2.45) is 0 Å². The first-order valence-electron chi connectivity index (χ1n) is 6.54. The number of methoxy groups -OCH3 is 1. The molecule has 0 aromatic heterocycles. The fourth-order valence-corrected chi connectivity index (χ4v) is 2.37. The van der Waals surface area contributed by atoms with Crippen LogP contribution in [0.25, 0.3) is 0 Å². The van der Waals surface area contributed by atoms with Crippen molar-refractivity contribution in [3.05, 3.63) is 52.3 Å². The summed E-state index contributed by atoms with van der Waals surface area (Å²) in [6, 6.07) is 10.2. The van der Waals surface area contributed by atoms with E-state index < -0.39 is 5.82 Å². The average Bonchev–Trinajstić information content (AvgIpc) is 2.50. The van der Waals surface area contributed by atoms with E-state index in [0.29, 0.717) is 16.0 Å². The maximum absolute atomic E-state index is 14.1. The van der Waals surface area contributed by atoms with Crippen molar-refractivity contribution < 1.29 is 13.9 Å². The Morgan fingerprint density at radius 1 is 1.24 bits per heavy atom. The van der Waals surface area contributed by atoms with E-state index >= 15 is 0 Å². The standard InChI is InChI=1S/C16H17BrFNO2/c1-10(19-2)12-5-4-6-14(18)16(12)21-15-8-7-11(20-3)9-13(15)17/h4-10,19H,1-3H3. The van der Waals surface area contributed by atoms with Gasteiger partial charge in [0, 0.05) is 11.6 Å². The third kappa shape index (κ3) is 3.54. The van der Waals surface area contributed by atoms with Gasteiger partial charge in [-0.15, -0.1) is 0 Å². The molecule has 112 valence electrons. The normalized spacial score (nSPS) is 12.0. The van der Waals surface area contributed by atoms with Crippen LogP contribution in [0, 0.1) is 5.82 Å². The largest absolute Gasteiger partial charge is 0.497 e. The summed E-state index contributed by atoms with van der Waals surface area (Å²) in [5.41, 5.74) is 0.764. The SMILES string of the molecule is CNC(C)c1cccc(F)c1Oc1ccc(OC)cc1Br. The average molecular weight is 354 g/mol. The topological polar surface area (TPSA) is 30.5 Å². The highest BCUT2D eigenvalue weighted by atomic mass is 79.9. The molecular weight excluding hydrogens is 337 g/mol. The van der Waals surface area contributed by atoms with Gasteiger partial charge in [-0.1, -0.05) is 12.1 Å². The van der Waals surface area contributed by atoms with Gasteiger partial charge in [-0.05, 0) is 54.2 Å². The Hall–Kier alpha value is -1.59. The lowest BCUT2D eigenvalue weighted by molar-refractivity contribution is 0.408. The highest BCUT2D eigenvalue weighted by Crippen LogP contribution is 2.37. The van der Waals surface area contributed by atoms with Gasteiger partial charge in [-0.25, -0.2) is 4.39 Å². The lowest BCUT2D eigenvalue weighted by Crippen LogP contribution is -2.13. The van der Waals surface area contributed by atoms with E-state index in [-0.39, 0.29) is 11.8 Å². The second kappa shape index (κ2) is 6.91. The summed E-state index contributed by atoms with van der Waals surface area (Å²) < 4.78 is 25.7. The van der Waals surface area contributed by atoms with Crippen LogP contribution in [0.1, 0.15) is 18.5 Å². The molecule has 1 N–H and O–H groups in total. The molecule has 2 rings (SSSR count). The number of nitrogens with one attached hydrogen (secondary N) is 1. The highest BCUT2D eigenvalue weighted by molar-refractivity contribution is 9.10. The van der Waals surface area contributed by atoms with Gasteiger partial charge in [0.15, 0.2) is 11.6 Å². The van der Waals surface area contributed by atoms with E-state index in [1.807, 2.05) is 20.0 Å². The van der Waals surface area contributed by atoms with Gasteiger partial charge < -0.3 is 14.8 Å². The van der Waals surface area contributed by atoms with Crippen LogP contribution >= 0.6 is 15.9 Å². The van der Waals surface area contributed by atoms with Gasteiger partial charge in [-0.3, -0.25) is 0 Å². The van der Waals surface area contributed by atoms with E-state index in [2.05, 4.69) is 21.2 Å². The molecule has 0 spiro atoms. The molecule has 0 radical (unpaired) electrons. The van der Waals surface area contributed by atoms with Crippen LogP contribution in [-0.2, 0) is 0 Å². The molecule has 0 heterocycles. The van der Waals surface area contributed by atoms with E-state index in [4.69, 9.17) is 9.47 Å². The van der Waals surface area contributed by atoms with Gasteiger partial charge in [0.1, 0.15) is 11.5 Å². The number of benzene rings is 2. The van der Waals surface area contributed by atoms with Crippen molar-refractivity contribution in [3.63, 3.8) is 0 Å². The number of halogens is 2. The zero-order valence-electron chi connectivity index (χ0n) is 12.1. The molecule has 5 heteroatoms. The first-order valence-corrected chi connectivity index (χ1v) is 7.33. The maximum Gasteiger partial charge on any atom is 0.167 e. The maximum atomic E-state index is 14.1. The molecule has 3 nitrogen and oxygen atoms in total. The number of hydrogen-bond acceptors (Lipinski definition) is 3. The summed E-state index contributed by atoms with van der Waals surface area (Å²) in [5, 5.41) is 3.09. The van der Waals surface area contributed by atoms with Gasteiger partial charge in [-0.2, -0.15) is 0 Å². The van der Waals surface area contributed by atoms with Gasteiger partial charge in [0.05, 0.1) is 11.6 Å². The Balaban J connectivity index is 2.39. The molecule has 2 aromatic carbocycles. The molecular formula is C16H17BrFNO2. The molecule has 0 saturated carbocycles. The van der Waals surface area contributed by atoms with Crippen molar-refractivity contribution in [3.8, 4) is 17.2 Å². The second-order valence-corrected chi connectivity index (χ2v) is 5.42.